The van der Waals surface area contributed by atoms with Crippen molar-refractivity contribution in [1.29, 1.82) is 0 Å². The van der Waals surface area contributed by atoms with Gasteiger partial charge < -0.3 is 14.2 Å². The summed E-state index contributed by atoms with van der Waals surface area (Å²) in [5.41, 5.74) is 4.47. The Morgan fingerprint density at radius 1 is 1.15 bits per heavy atom. The van der Waals surface area contributed by atoms with Crippen LogP contribution in [0, 0.1) is 6.92 Å². The summed E-state index contributed by atoms with van der Waals surface area (Å²) < 4.78 is 18.6. The van der Waals surface area contributed by atoms with Crippen molar-refractivity contribution < 1.29 is 19.0 Å². The molecule has 0 N–H and O–H groups in total. The minimum absolute atomic E-state index is 0.0906. The van der Waals surface area contributed by atoms with Crippen LogP contribution in [0.1, 0.15) is 32.6 Å². The third kappa shape index (κ3) is 4.16. The number of hydrogen-bond acceptors (Lipinski definition) is 5. The number of halogens is 1. The standard InChI is InChI=1S/C27H24BrNO4/c1-17-13-23-20(15-29(16-32-23)12-11-18-7-4-6-10-22(18)31-2)27-25(17)26(30)24(33-27)14-19-8-3-5-9-21(19)28/h3-10,13-14H,11-12,15-16H2,1-2H3/b24-14-. The lowest BCUT2D eigenvalue weighted by Gasteiger charge is -2.30. The number of carbonyl (C=O) groups excluding carboxylic acids is 1. The van der Waals surface area contributed by atoms with Gasteiger partial charge in [0.05, 0.1) is 18.2 Å². The largest absolute Gasteiger partial charge is 0.496 e. The monoisotopic (exact) mass is 505 g/mol. The number of nitrogens with zero attached hydrogens (tertiary/aromatic N) is 1. The zero-order valence-electron chi connectivity index (χ0n) is 18.6. The normalized spacial score (nSPS) is 16.2. The molecule has 0 fully saturated rings. The van der Waals surface area contributed by atoms with Crippen molar-refractivity contribution in [2.24, 2.45) is 0 Å². The number of methoxy groups -OCH3 is 1. The van der Waals surface area contributed by atoms with E-state index in [-0.39, 0.29) is 5.78 Å². The van der Waals surface area contributed by atoms with Crippen molar-refractivity contribution in [1.82, 2.24) is 4.90 Å². The molecule has 0 saturated heterocycles. The second-order valence-corrected chi connectivity index (χ2v) is 9.08. The lowest BCUT2D eigenvalue weighted by atomic mass is 9.98. The first-order valence-electron chi connectivity index (χ1n) is 10.9. The van der Waals surface area contributed by atoms with Gasteiger partial charge in [-0.1, -0.05) is 52.3 Å². The molecule has 5 nitrogen and oxygen atoms in total. The summed E-state index contributed by atoms with van der Waals surface area (Å²) >= 11 is 3.54. The van der Waals surface area contributed by atoms with Crippen molar-refractivity contribution in [3.63, 3.8) is 0 Å². The molecule has 0 spiro atoms. The molecular weight excluding hydrogens is 482 g/mol. The number of rotatable bonds is 5. The van der Waals surface area contributed by atoms with E-state index in [1.807, 2.05) is 55.5 Å². The van der Waals surface area contributed by atoms with E-state index in [2.05, 4.69) is 26.9 Å². The molecule has 3 aromatic rings. The van der Waals surface area contributed by atoms with Gasteiger partial charge in [-0.2, -0.15) is 0 Å². The number of Topliss-reactive ketones (excluding diaryl/α,β-unsaturated/α-hetero) is 1. The van der Waals surface area contributed by atoms with E-state index in [9.17, 15) is 4.79 Å². The quantitative estimate of drug-likeness (QED) is 0.411. The Bertz CT molecular complexity index is 1270. The van der Waals surface area contributed by atoms with Crippen molar-refractivity contribution in [2.75, 3.05) is 20.4 Å². The Kier molecular flexibility index (Phi) is 5.96. The number of ketones is 1. The topological polar surface area (TPSA) is 48.0 Å². The fourth-order valence-corrected chi connectivity index (χ4v) is 4.74. The second-order valence-electron chi connectivity index (χ2n) is 8.22. The van der Waals surface area contributed by atoms with Gasteiger partial charge in [0.2, 0.25) is 5.78 Å². The second kappa shape index (κ2) is 9.04. The molecule has 0 bridgehead atoms. The maximum atomic E-state index is 13.2. The Morgan fingerprint density at radius 3 is 2.76 bits per heavy atom. The molecule has 0 radical (unpaired) electrons. The fraction of sp³-hybridized carbons (Fsp3) is 0.222. The average molecular weight is 506 g/mol. The molecule has 0 atom stereocenters. The Balaban J connectivity index is 1.41. The SMILES string of the molecule is COc1ccccc1CCN1COc2cc(C)c3c(c2C1)O/C(=C\c1ccccc1Br)C3=O. The number of benzene rings is 3. The first-order valence-corrected chi connectivity index (χ1v) is 11.7. The summed E-state index contributed by atoms with van der Waals surface area (Å²) in [6, 6.07) is 17.8. The summed E-state index contributed by atoms with van der Waals surface area (Å²) in [5.74, 6) is 2.54. The minimum atomic E-state index is -0.0906. The third-order valence-electron chi connectivity index (χ3n) is 6.07. The van der Waals surface area contributed by atoms with Crippen molar-refractivity contribution in [2.45, 2.75) is 19.9 Å². The van der Waals surface area contributed by atoms with Gasteiger partial charge >= 0.3 is 0 Å². The maximum absolute atomic E-state index is 13.2. The van der Waals surface area contributed by atoms with Crippen molar-refractivity contribution in [3.05, 3.63) is 92.6 Å². The van der Waals surface area contributed by atoms with Crippen LogP contribution in [0.15, 0.2) is 64.8 Å². The first-order chi connectivity index (χ1) is 16.0. The van der Waals surface area contributed by atoms with E-state index < -0.39 is 0 Å². The zero-order valence-corrected chi connectivity index (χ0v) is 20.1. The summed E-state index contributed by atoms with van der Waals surface area (Å²) in [4.78, 5) is 15.4. The molecule has 0 amide bonds. The maximum Gasteiger partial charge on any atom is 0.232 e. The summed E-state index contributed by atoms with van der Waals surface area (Å²) in [5, 5.41) is 0. The molecule has 0 aromatic heterocycles. The van der Waals surface area contributed by atoms with E-state index in [1.54, 1.807) is 13.2 Å². The molecule has 5 rings (SSSR count). The Labute approximate surface area is 201 Å². The highest BCUT2D eigenvalue weighted by atomic mass is 79.9. The van der Waals surface area contributed by atoms with Gasteiger partial charge in [-0.3, -0.25) is 9.69 Å². The first kappa shape index (κ1) is 21.7. The van der Waals surface area contributed by atoms with Crippen LogP contribution in [0.25, 0.3) is 6.08 Å². The van der Waals surface area contributed by atoms with E-state index in [1.165, 1.54) is 0 Å². The highest BCUT2D eigenvalue weighted by molar-refractivity contribution is 9.10. The number of hydrogen-bond donors (Lipinski definition) is 0. The number of fused-ring (bicyclic) bond motifs is 3. The molecule has 3 aromatic carbocycles. The van der Waals surface area contributed by atoms with E-state index in [0.29, 0.717) is 30.3 Å². The number of ether oxygens (including phenoxy) is 3. The van der Waals surface area contributed by atoms with Crippen LogP contribution in [0.2, 0.25) is 0 Å². The van der Waals surface area contributed by atoms with Crippen LogP contribution in [0.5, 0.6) is 17.2 Å². The lowest BCUT2D eigenvalue weighted by Crippen LogP contribution is -2.34. The average Bonchev–Trinajstić information content (AvgIpc) is 3.16. The van der Waals surface area contributed by atoms with Gasteiger partial charge in [0.25, 0.3) is 0 Å². The lowest BCUT2D eigenvalue weighted by molar-refractivity contribution is 0.0947. The van der Waals surface area contributed by atoms with E-state index in [0.717, 1.165) is 51.2 Å². The van der Waals surface area contributed by atoms with Gasteiger partial charge in [0, 0.05) is 17.6 Å². The zero-order chi connectivity index (χ0) is 22.9. The van der Waals surface area contributed by atoms with Crippen LogP contribution in [0.4, 0.5) is 0 Å². The van der Waals surface area contributed by atoms with Gasteiger partial charge in [-0.25, -0.2) is 0 Å². The smallest absolute Gasteiger partial charge is 0.232 e. The van der Waals surface area contributed by atoms with Gasteiger partial charge in [0.1, 0.15) is 24.0 Å². The molecular formula is C27H24BrNO4. The minimum Gasteiger partial charge on any atom is -0.496 e. The molecule has 0 saturated carbocycles. The number of para-hydroxylation sites is 1. The molecule has 2 aliphatic rings. The molecule has 33 heavy (non-hydrogen) atoms. The predicted octanol–water partition coefficient (Wildman–Crippen LogP) is 5.78. The number of allylic oxidation sites excluding steroid dienone is 1. The van der Waals surface area contributed by atoms with Crippen LogP contribution in [-0.4, -0.2) is 31.1 Å². The summed E-state index contributed by atoms with van der Waals surface area (Å²) in [7, 11) is 1.69. The summed E-state index contributed by atoms with van der Waals surface area (Å²) in [6.45, 7) is 3.88. The number of aryl methyl sites for hydroxylation is 1. The molecule has 0 aliphatic carbocycles. The summed E-state index contributed by atoms with van der Waals surface area (Å²) in [6.07, 6.45) is 2.63. The van der Waals surface area contributed by atoms with E-state index in [4.69, 9.17) is 14.2 Å². The van der Waals surface area contributed by atoms with Crippen LogP contribution in [-0.2, 0) is 13.0 Å². The molecule has 6 heteroatoms. The third-order valence-corrected chi connectivity index (χ3v) is 6.79. The van der Waals surface area contributed by atoms with Crippen LogP contribution >= 0.6 is 15.9 Å². The van der Waals surface area contributed by atoms with Gasteiger partial charge in [-0.05, 0) is 54.3 Å². The van der Waals surface area contributed by atoms with Crippen LogP contribution in [0.3, 0.4) is 0 Å². The Morgan fingerprint density at radius 2 is 1.94 bits per heavy atom. The number of carbonyl (C=O) groups is 1. The molecule has 0 unspecified atom stereocenters. The highest BCUT2D eigenvalue weighted by Gasteiger charge is 2.35. The predicted molar refractivity (Wildman–Crippen MR) is 131 cm³/mol. The van der Waals surface area contributed by atoms with Crippen molar-refractivity contribution in [3.8, 4) is 17.2 Å². The van der Waals surface area contributed by atoms with Crippen molar-refractivity contribution >= 4 is 27.8 Å². The molecule has 168 valence electrons. The fourth-order valence-electron chi connectivity index (χ4n) is 4.34. The highest BCUT2D eigenvalue weighted by Crippen LogP contribution is 2.44. The van der Waals surface area contributed by atoms with Crippen LogP contribution < -0.4 is 14.2 Å². The van der Waals surface area contributed by atoms with Gasteiger partial charge in [-0.15, -0.1) is 0 Å². The Hall–Kier alpha value is -3.09. The molecule has 2 aliphatic heterocycles. The molecule has 2 heterocycles. The van der Waals surface area contributed by atoms with Gasteiger partial charge in [0.15, 0.2) is 5.76 Å². The van der Waals surface area contributed by atoms with E-state index >= 15 is 0 Å².